The van der Waals surface area contributed by atoms with Crippen LogP contribution in [0.3, 0.4) is 0 Å². The SMILES string of the molecule is NC(=S)N/N=C\c1cccc(OC(=O)c2cccc(F)c2)c1. The number of carbonyl (C=O) groups is 1. The number of hydrogen-bond acceptors (Lipinski definition) is 4. The molecule has 0 radical (unpaired) electrons. The van der Waals surface area contributed by atoms with Gasteiger partial charge in [-0.3, -0.25) is 5.43 Å². The lowest BCUT2D eigenvalue weighted by Crippen LogP contribution is -2.23. The highest BCUT2D eigenvalue weighted by Crippen LogP contribution is 2.15. The largest absolute Gasteiger partial charge is 0.423 e. The molecule has 2 aromatic carbocycles. The Hall–Kier alpha value is -2.80. The van der Waals surface area contributed by atoms with Crippen LogP contribution in [0, 0.1) is 5.82 Å². The number of esters is 1. The maximum absolute atomic E-state index is 13.1. The molecule has 7 heteroatoms. The molecule has 2 aromatic rings. The summed E-state index contributed by atoms with van der Waals surface area (Å²) in [6.45, 7) is 0. The first-order valence-corrected chi connectivity index (χ1v) is 6.62. The summed E-state index contributed by atoms with van der Waals surface area (Å²) in [6.07, 6.45) is 1.47. The van der Waals surface area contributed by atoms with Crippen molar-refractivity contribution in [3.8, 4) is 5.75 Å². The lowest BCUT2D eigenvalue weighted by atomic mass is 10.2. The van der Waals surface area contributed by atoms with Gasteiger partial charge < -0.3 is 10.5 Å². The van der Waals surface area contributed by atoms with Crippen molar-refractivity contribution in [2.75, 3.05) is 0 Å². The molecule has 2 rings (SSSR count). The van der Waals surface area contributed by atoms with Crippen molar-refractivity contribution in [3.63, 3.8) is 0 Å². The summed E-state index contributed by atoms with van der Waals surface area (Å²) >= 11 is 4.61. The van der Waals surface area contributed by atoms with Gasteiger partial charge in [-0.1, -0.05) is 18.2 Å². The third kappa shape index (κ3) is 4.64. The molecule has 0 atom stereocenters. The summed E-state index contributed by atoms with van der Waals surface area (Å²) in [4.78, 5) is 11.9. The summed E-state index contributed by atoms with van der Waals surface area (Å²) in [6, 6.07) is 11.9. The van der Waals surface area contributed by atoms with Crippen LogP contribution in [0.2, 0.25) is 0 Å². The molecule has 0 saturated carbocycles. The average molecular weight is 317 g/mol. The molecule has 0 bridgehead atoms. The smallest absolute Gasteiger partial charge is 0.343 e. The number of halogens is 1. The van der Waals surface area contributed by atoms with E-state index in [-0.39, 0.29) is 10.7 Å². The predicted octanol–water partition coefficient (Wildman–Crippen LogP) is 2.21. The fourth-order valence-corrected chi connectivity index (χ4v) is 1.66. The standard InChI is InChI=1S/C15H12FN3O2S/c16-12-5-2-4-11(8-12)14(20)21-13-6-1-3-10(7-13)9-18-19-15(17)22/h1-9H,(H3,17,19,22)/b18-9-. The van der Waals surface area contributed by atoms with Gasteiger partial charge in [0.25, 0.3) is 0 Å². The van der Waals surface area contributed by atoms with Crippen molar-refractivity contribution in [2.24, 2.45) is 10.8 Å². The molecular weight excluding hydrogens is 305 g/mol. The van der Waals surface area contributed by atoms with Gasteiger partial charge >= 0.3 is 5.97 Å². The van der Waals surface area contributed by atoms with Crippen LogP contribution in [0.4, 0.5) is 4.39 Å². The highest BCUT2D eigenvalue weighted by atomic mass is 32.1. The van der Waals surface area contributed by atoms with E-state index in [0.29, 0.717) is 11.3 Å². The highest BCUT2D eigenvalue weighted by Gasteiger charge is 2.09. The lowest BCUT2D eigenvalue weighted by molar-refractivity contribution is 0.0734. The predicted molar refractivity (Wildman–Crippen MR) is 85.3 cm³/mol. The fourth-order valence-electron chi connectivity index (χ4n) is 1.61. The van der Waals surface area contributed by atoms with E-state index in [1.165, 1.54) is 24.4 Å². The molecule has 0 aliphatic heterocycles. The third-order valence-electron chi connectivity index (χ3n) is 2.52. The normalized spacial score (nSPS) is 10.4. The minimum atomic E-state index is -0.644. The summed E-state index contributed by atoms with van der Waals surface area (Å²) in [5.41, 5.74) is 8.46. The Kier molecular flexibility index (Phi) is 5.16. The molecule has 22 heavy (non-hydrogen) atoms. The van der Waals surface area contributed by atoms with E-state index in [4.69, 9.17) is 10.5 Å². The van der Waals surface area contributed by atoms with Crippen LogP contribution in [0.25, 0.3) is 0 Å². The monoisotopic (exact) mass is 317 g/mol. The molecule has 0 aliphatic rings. The summed E-state index contributed by atoms with van der Waals surface area (Å²) in [5.74, 6) is -0.831. The van der Waals surface area contributed by atoms with Gasteiger partial charge in [-0.05, 0) is 48.1 Å². The van der Waals surface area contributed by atoms with Gasteiger partial charge in [-0.2, -0.15) is 5.10 Å². The van der Waals surface area contributed by atoms with Crippen molar-refractivity contribution in [1.82, 2.24) is 5.43 Å². The Balaban J connectivity index is 2.08. The molecule has 112 valence electrons. The first kappa shape index (κ1) is 15.6. The molecule has 0 unspecified atom stereocenters. The molecule has 3 N–H and O–H groups in total. The number of hydrogen-bond donors (Lipinski definition) is 2. The van der Waals surface area contributed by atoms with E-state index in [9.17, 15) is 9.18 Å². The Bertz CT molecular complexity index is 734. The average Bonchev–Trinajstić information content (AvgIpc) is 2.47. The van der Waals surface area contributed by atoms with Crippen LogP contribution < -0.4 is 15.9 Å². The minimum Gasteiger partial charge on any atom is -0.423 e. The zero-order valence-electron chi connectivity index (χ0n) is 11.3. The number of nitrogens with zero attached hydrogens (tertiary/aromatic N) is 1. The van der Waals surface area contributed by atoms with Crippen LogP contribution in [0.1, 0.15) is 15.9 Å². The Morgan fingerprint density at radius 1 is 1.27 bits per heavy atom. The number of nitrogens with one attached hydrogen (secondary N) is 1. The van der Waals surface area contributed by atoms with Gasteiger partial charge in [0.2, 0.25) is 0 Å². The minimum absolute atomic E-state index is 0.0462. The van der Waals surface area contributed by atoms with Gasteiger partial charge in [0.15, 0.2) is 5.11 Å². The highest BCUT2D eigenvalue weighted by molar-refractivity contribution is 7.80. The number of rotatable bonds is 4. The lowest BCUT2D eigenvalue weighted by Gasteiger charge is -2.05. The Morgan fingerprint density at radius 2 is 2.05 bits per heavy atom. The third-order valence-corrected chi connectivity index (χ3v) is 2.61. The molecule has 5 nitrogen and oxygen atoms in total. The number of ether oxygens (including phenoxy) is 1. The van der Waals surface area contributed by atoms with E-state index in [1.807, 2.05) is 0 Å². The number of nitrogens with two attached hydrogens (primary N) is 1. The topological polar surface area (TPSA) is 76.7 Å². The Labute approximate surface area is 131 Å². The van der Waals surface area contributed by atoms with Crippen molar-refractivity contribution < 1.29 is 13.9 Å². The van der Waals surface area contributed by atoms with Gasteiger partial charge in [0, 0.05) is 0 Å². The number of thiocarbonyl (C=S) groups is 1. The molecule has 0 aliphatic carbocycles. The molecular formula is C15H12FN3O2S. The second-order valence-corrected chi connectivity index (χ2v) is 4.65. The van der Waals surface area contributed by atoms with Gasteiger partial charge in [-0.15, -0.1) is 0 Å². The summed E-state index contributed by atoms with van der Waals surface area (Å²) < 4.78 is 18.3. The maximum Gasteiger partial charge on any atom is 0.343 e. The summed E-state index contributed by atoms with van der Waals surface area (Å²) in [7, 11) is 0. The first-order chi connectivity index (χ1) is 10.5. The van der Waals surface area contributed by atoms with Crippen LogP contribution in [-0.2, 0) is 0 Å². The van der Waals surface area contributed by atoms with E-state index in [2.05, 4.69) is 22.7 Å². The van der Waals surface area contributed by atoms with Crippen LogP contribution in [-0.4, -0.2) is 17.3 Å². The number of hydrazone groups is 1. The van der Waals surface area contributed by atoms with E-state index in [1.54, 1.807) is 24.3 Å². The number of carbonyl (C=O) groups excluding carboxylic acids is 1. The molecule has 0 fully saturated rings. The number of benzene rings is 2. The maximum atomic E-state index is 13.1. The molecule has 0 spiro atoms. The Morgan fingerprint density at radius 3 is 2.77 bits per heavy atom. The molecule has 0 saturated heterocycles. The van der Waals surface area contributed by atoms with E-state index >= 15 is 0 Å². The quantitative estimate of drug-likeness (QED) is 0.297. The molecule has 0 aromatic heterocycles. The van der Waals surface area contributed by atoms with Crippen molar-refractivity contribution in [2.45, 2.75) is 0 Å². The van der Waals surface area contributed by atoms with Crippen molar-refractivity contribution >= 4 is 29.5 Å². The van der Waals surface area contributed by atoms with Gasteiger partial charge in [0.1, 0.15) is 11.6 Å². The summed E-state index contributed by atoms with van der Waals surface area (Å²) in [5, 5.41) is 3.85. The second-order valence-electron chi connectivity index (χ2n) is 4.21. The van der Waals surface area contributed by atoms with Gasteiger partial charge in [-0.25, -0.2) is 9.18 Å². The van der Waals surface area contributed by atoms with Crippen LogP contribution in [0.5, 0.6) is 5.75 Å². The van der Waals surface area contributed by atoms with Crippen molar-refractivity contribution in [3.05, 3.63) is 65.5 Å². The fraction of sp³-hybridized carbons (Fsp3) is 0. The van der Waals surface area contributed by atoms with E-state index < -0.39 is 11.8 Å². The van der Waals surface area contributed by atoms with Crippen LogP contribution >= 0.6 is 12.2 Å². The van der Waals surface area contributed by atoms with Gasteiger partial charge in [0.05, 0.1) is 11.8 Å². The zero-order valence-corrected chi connectivity index (χ0v) is 12.1. The second kappa shape index (κ2) is 7.28. The van der Waals surface area contributed by atoms with E-state index in [0.717, 1.165) is 6.07 Å². The molecule has 0 heterocycles. The zero-order chi connectivity index (χ0) is 15.9. The first-order valence-electron chi connectivity index (χ1n) is 6.21. The van der Waals surface area contributed by atoms with Crippen molar-refractivity contribution in [1.29, 1.82) is 0 Å². The molecule has 0 amide bonds. The van der Waals surface area contributed by atoms with Crippen LogP contribution in [0.15, 0.2) is 53.6 Å².